The lowest BCUT2D eigenvalue weighted by Gasteiger charge is -2.12. The van der Waals surface area contributed by atoms with Crippen LogP contribution >= 0.6 is 11.6 Å². The zero-order valence-electron chi connectivity index (χ0n) is 13.6. The summed E-state index contributed by atoms with van der Waals surface area (Å²) in [6.45, 7) is 0. The molecule has 1 aromatic heterocycles. The molecule has 0 saturated carbocycles. The number of aromatic nitrogens is 1. The number of halogens is 4. The van der Waals surface area contributed by atoms with E-state index in [0.29, 0.717) is 17.2 Å². The van der Waals surface area contributed by atoms with E-state index in [1.165, 1.54) is 6.07 Å². The van der Waals surface area contributed by atoms with Crippen molar-refractivity contribution in [3.8, 4) is 11.5 Å². The van der Waals surface area contributed by atoms with E-state index in [2.05, 4.69) is 15.6 Å². The standard InChI is InChI=1S/C18H13ClF3N3O2/c19-16-6-3-12(9-15(16)18(20,21)22)25-17(26)24-11-1-4-13(5-2-11)27-14-7-8-23-10-14/h1-10,23H,(H2,24,25,26). The second-order valence-electron chi connectivity index (χ2n) is 5.44. The Morgan fingerprint density at radius 3 is 2.26 bits per heavy atom. The Morgan fingerprint density at radius 2 is 1.63 bits per heavy atom. The first kappa shape index (κ1) is 18.7. The number of anilines is 2. The number of rotatable bonds is 4. The highest BCUT2D eigenvalue weighted by Crippen LogP contribution is 2.36. The summed E-state index contributed by atoms with van der Waals surface area (Å²) in [5.74, 6) is 1.20. The lowest BCUT2D eigenvalue weighted by atomic mass is 10.2. The highest BCUT2D eigenvalue weighted by Gasteiger charge is 2.33. The zero-order chi connectivity index (χ0) is 19.4. The largest absolute Gasteiger partial charge is 0.456 e. The number of nitrogens with one attached hydrogen (secondary N) is 3. The van der Waals surface area contributed by atoms with E-state index >= 15 is 0 Å². The molecule has 0 fully saturated rings. The van der Waals surface area contributed by atoms with Crippen LogP contribution in [0.15, 0.2) is 60.9 Å². The minimum Gasteiger partial charge on any atom is -0.456 e. The van der Waals surface area contributed by atoms with Crippen LogP contribution in [0, 0.1) is 0 Å². The van der Waals surface area contributed by atoms with Crippen molar-refractivity contribution < 1.29 is 22.7 Å². The van der Waals surface area contributed by atoms with Crippen molar-refractivity contribution in [1.29, 1.82) is 0 Å². The van der Waals surface area contributed by atoms with Gasteiger partial charge in [0.15, 0.2) is 0 Å². The molecule has 3 rings (SSSR count). The number of hydrogen-bond acceptors (Lipinski definition) is 2. The summed E-state index contributed by atoms with van der Waals surface area (Å²) in [4.78, 5) is 14.9. The number of ether oxygens (including phenoxy) is 1. The molecule has 0 spiro atoms. The normalized spacial score (nSPS) is 11.1. The van der Waals surface area contributed by atoms with Crippen LogP contribution in [0.5, 0.6) is 11.5 Å². The Bertz CT molecular complexity index is 926. The van der Waals surface area contributed by atoms with Gasteiger partial charge in [0.2, 0.25) is 0 Å². The Balaban J connectivity index is 1.62. The van der Waals surface area contributed by atoms with Gasteiger partial charge in [-0.15, -0.1) is 0 Å². The van der Waals surface area contributed by atoms with Crippen LogP contribution in [0.3, 0.4) is 0 Å². The molecule has 3 aromatic rings. The van der Waals surface area contributed by atoms with Crippen molar-refractivity contribution >= 4 is 29.0 Å². The highest BCUT2D eigenvalue weighted by atomic mass is 35.5. The first-order chi connectivity index (χ1) is 12.8. The van der Waals surface area contributed by atoms with Crippen molar-refractivity contribution in [2.75, 3.05) is 10.6 Å². The molecule has 0 aliphatic heterocycles. The van der Waals surface area contributed by atoms with Gasteiger partial charge in [0, 0.05) is 23.8 Å². The molecule has 27 heavy (non-hydrogen) atoms. The topological polar surface area (TPSA) is 66.1 Å². The first-order valence-electron chi connectivity index (χ1n) is 7.67. The van der Waals surface area contributed by atoms with Crippen LogP contribution in [-0.4, -0.2) is 11.0 Å². The quantitative estimate of drug-likeness (QED) is 0.498. The lowest BCUT2D eigenvalue weighted by Crippen LogP contribution is -2.19. The molecule has 0 radical (unpaired) electrons. The van der Waals surface area contributed by atoms with Crippen molar-refractivity contribution in [2.24, 2.45) is 0 Å². The fourth-order valence-electron chi connectivity index (χ4n) is 2.23. The molecule has 3 N–H and O–H groups in total. The average molecular weight is 396 g/mol. The predicted octanol–water partition coefficient (Wildman–Crippen LogP) is 6.12. The summed E-state index contributed by atoms with van der Waals surface area (Å²) in [6.07, 6.45) is -1.21. The molecule has 0 bridgehead atoms. The van der Waals surface area contributed by atoms with Gasteiger partial charge in [0.05, 0.1) is 10.6 Å². The van der Waals surface area contributed by atoms with Crippen molar-refractivity contribution in [3.05, 3.63) is 71.5 Å². The molecule has 9 heteroatoms. The number of urea groups is 1. The Hall–Kier alpha value is -3.13. The second-order valence-corrected chi connectivity index (χ2v) is 5.85. The number of H-pyrrole nitrogens is 1. The second kappa shape index (κ2) is 7.63. The van der Waals surface area contributed by atoms with Gasteiger partial charge in [-0.25, -0.2) is 4.79 Å². The van der Waals surface area contributed by atoms with Crippen LogP contribution in [0.2, 0.25) is 5.02 Å². The third-order valence-corrected chi connectivity index (χ3v) is 3.78. The van der Waals surface area contributed by atoms with Crippen LogP contribution < -0.4 is 15.4 Å². The van der Waals surface area contributed by atoms with Gasteiger partial charge in [-0.3, -0.25) is 0 Å². The van der Waals surface area contributed by atoms with E-state index in [4.69, 9.17) is 16.3 Å². The molecular weight excluding hydrogens is 383 g/mol. The molecule has 0 unspecified atom stereocenters. The number of carbonyl (C=O) groups excluding carboxylic acids is 1. The molecule has 0 atom stereocenters. The van der Waals surface area contributed by atoms with Crippen LogP contribution in [0.25, 0.3) is 0 Å². The third kappa shape index (κ3) is 4.95. The number of alkyl halides is 3. The maximum Gasteiger partial charge on any atom is 0.417 e. The van der Waals surface area contributed by atoms with Gasteiger partial charge < -0.3 is 20.4 Å². The molecule has 2 aromatic carbocycles. The molecule has 1 heterocycles. The van der Waals surface area contributed by atoms with E-state index in [9.17, 15) is 18.0 Å². The van der Waals surface area contributed by atoms with Crippen LogP contribution in [0.4, 0.5) is 29.3 Å². The first-order valence-corrected chi connectivity index (χ1v) is 8.04. The summed E-state index contributed by atoms with van der Waals surface area (Å²) >= 11 is 5.55. The van der Waals surface area contributed by atoms with E-state index in [0.717, 1.165) is 12.1 Å². The molecule has 0 saturated heterocycles. The number of aromatic amines is 1. The number of amides is 2. The van der Waals surface area contributed by atoms with Crippen LogP contribution in [0.1, 0.15) is 5.56 Å². The fraction of sp³-hybridized carbons (Fsp3) is 0.0556. The van der Waals surface area contributed by atoms with Gasteiger partial charge in [-0.05, 0) is 48.5 Å². The van der Waals surface area contributed by atoms with Gasteiger partial charge >= 0.3 is 12.2 Å². The molecule has 0 aliphatic rings. The highest BCUT2D eigenvalue weighted by molar-refractivity contribution is 6.31. The van der Waals surface area contributed by atoms with Crippen molar-refractivity contribution in [3.63, 3.8) is 0 Å². The summed E-state index contributed by atoms with van der Waals surface area (Å²) < 4.78 is 44.1. The maximum absolute atomic E-state index is 12.9. The van der Waals surface area contributed by atoms with Crippen LogP contribution in [-0.2, 0) is 6.18 Å². The molecule has 2 amide bonds. The number of hydrogen-bond donors (Lipinski definition) is 3. The Morgan fingerprint density at radius 1 is 0.963 bits per heavy atom. The molecule has 0 aliphatic carbocycles. The Kier molecular flexibility index (Phi) is 5.27. The fourth-order valence-corrected chi connectivity index (χ4v) is 2.45. The minimum atomic E-state index is -4.61. The van der Waals surface area contributed by atoms with Gasteiger partial charge in [-0.2, -0.15) is 13.2 Å². The summed E-state index contributed by atoms with van der Waals surface area (Å²) in [7, 11) is 0. The number of carbonyl (C=O) groups is 1. The smallest absolute Gasteiger partial charge is 0.417 e. The van der Waals surface area contributed by atoms with Gasteiger partial charge in [0.1, 0.15) is 11.5 Å². The summed E-state index contributed by atoms with van der Waals surface area (Å²) in [5, 5.41) is 4.42. The SMILES string of the molecule is O=C(Nc1ccc(Oc2cc[nH]c2)cc1)Nc1ccc(Cl)c(C(F)(F)F)c1. The van der Waals surface area contributed by atoms with Crippen molar-refractivity contribution in [2.45, 2.75) is 6.18 Å². The summed E-state index contributed by atoms with van der Waals surface area (Å²) in [6, 6.07) is 10.7. The maximum atomic E-state index is 12.9. The van der Waals surface area contributed by atoms with E-state index in [-0.39, 0.29) is 5.69 Å². The van der Waals surface area contributed by atoms with Gasteiger partial charge in [0.25, 0.3) is 0 Å². The minimum absolute atomic E-state index is 0.0309. The van der Waals surface area contributed by atoms with E-state index in [1.807, 2.05) is 0 Å². The molecular formula is C18H13ClF3N3O2. The zero-order valence-corrected chi connectivity index (χ0v) is 14.4. The van der Waals surface area contributed by atoms with E-state index < -0.39 is 22.8 Å². The van der Waals surface area contributed by atoms with Crippen molar-refractivity contribution in [1.82, 2.24) is 4.98 Å². The van der Waals surface area contributed by atoms with Gasteiger partial charge in [-0.1, -0.05) is 11.6 Å². The molecule has 5 nitrogen and oxygen atoms in total. The predicted molar refractivity (Wildman–Crippen MR) is 96.4 cm³/mol. The third-order valence-electron chi connectivity index (χ3n) is 3.45. The average Bonchev–Trinajstić information content (AvgIpc) is 3.10. The summed E-state index contributed by atoms with van der Waals surface area (Å²) in [5.41, 5.74) is -0.608. The number of benzene rings is 2. The monoisotopic (exact) mass is 395 g/mol. The molecule has 140 valence electrons. The lowest BCUT2D eigenvalue weighted by molar-refractivity contribution is -0.137. The van der Waals surface area contributed by atoms with E-state index in [1.54, 1.807) is 42.7 Å². The Labute approximate surface area is 157 Å².